The highest BCUT2D eigenvalue weighted by Gasteiger charge is 2.41. The predicted molar refractivity (Wildman–Crippen MR) is 70.8 cm³/mol. The van der Waals surface area contributed by atoms with Crippen LogP contribution in [0.2, 0.25) is 0 Å². The molecule has 0 aromatic carbocycles. The van der Waals surface area contributed by atoms with E-state index in [1.165, 1.54) is 0 Å². The van der Waals surface area contributed by atoms with Gasteiger partial charge in [0.05, 0.1) is 12.5 Å². The van der Waals surface area contributed by atoms with Crippen molar-refractivity contribution < 1.29 is 9.53 Å². The normalized spacial score (nSPS) is 16.6. The zero-order valence-corrected chi connectivity index (χ0v) is 12.0. The second-order valence-electron chi connectivity index (χ2n) is 4.42. The fourth-order valence-electron chi connectivity index (χ4n) is 2.48. The average molecular weight is 244 g/mol. The molecule has 0 amide bonds. The molecular weight excluding hydrogens is 216 g/mol. The molecule has 0 aromatic heterocycles. The average Bonchev–Trinajstić information content (AvgIpc) is 2.31. The van der Waals surface area contributed by atoms with Gasteiger partial charge in [-0.15, -0.1) is 0 Å². The summed E-state index contributed by atoms with van der Waals surface area (Å²) >= 11 is 0. The summed E-state index contributed by atoms with van der Waals surface area (Å²) in [6, 6.07) is 0. The summed E-state index contributed by atoms with van der Waals surface area (Å²) in [4.78, 5) is 14.3. The lowest BCUT2D eigenvalue weighted by Crippen LogP contribution is -2.56. The van der Waals surface area contributed by atoms with Crippen LogP contribution < -0.4 is 5.73 Å². The van der Waals surface area contributed by atoms with Crippen molar-refractivity contribution in [1.29, 1.82) is 0 Å². The minimum atomic E-state index is -0.257. The Balaban J connectivity index is 5.07. The molecule has 0 radical (unpaired) electrons. The van der Waals surface area contributed by atoms with Gasteiger partial charge in [0.15, 0.2) is 0 Å². The first-order chi connectivity index (χ1) is 8.01. The molecule has 17 heavy (non-hydrogen) atoms. The van der Waals surface area contributed by atoms with E-state index in [2.05, 4.69) is 32.6 Å². The van der Waals surface area contributed by atoms with Crippen LogP contribution in [0.4, 0.5) is 0 Å². The van der Waals surface area contributed by atoms with Crippen LogP contribution in [0.3, 0.4) is 0 Å². The highest BCUT2D eigenvalue weighted by Crippen LogP contribution is 2.29. The second kappa shape index (κ2) is 7.67. The number of carbonyl (C=O) groups excluding carboxylic acids is 1. The van der Waals surface area contributed by atoms with Gasteiger partial charge in [0.2, 0.25) is 0 Å². The van der Waals surface area contributed by atoms with E-state index in [9.17, 15) is 4.79 Å². The molecule has 0 unspecified atom stereocenters. The number of ether oxygens (including phenoxy) is 1. The van der Waals surface area contributed by atoms with E-state index < -0.39 is 0 Å². The van der Waals surface area contributed by atoms with Crippen molar-refractivity contribution in [3.63, 3.8) is 0 Å². The molecule has 4 heteroatoms. The maximum absolute atomic E-state index is 12.0. The van der Waals surface area contributed by atoms with Crippen molar-refractivity contribution in [2.45, 2.75) is 46.6 Å². The summed E-state index contributed by atoms with van der Waals surface area (Å²) in [5, 5.41) is 0. The van der Waals surface area contributed by atoms with E-state index in [-0.39, 0.29) is 17.4 Å². The Bertz CT molecular complexity index is 229. The third-order valence-corrected chi connectivity index (χ3v) is 3.76. The SMILES string of the molecule is CCOC(=O)[C@H](CN)[C@@](C)(CC)N(CC)CC. The summed E-state index contributed by atoms with van der Waals surface area (Å²) in [5.74, 6) is -0.432. The van der Waals surface area contributed by atoms with Crippen molar-refractivity contribution in [3.8, 4) is 0 Å². The zero-order valence-electron chi connectivity index (χ0n) is 12.0. The van der Waals surface area contributed by atoms with Crippen molar-refractivity contribution in [1.82, 2.24) is 4.90 Å². The molecule has 0 aliphatic heterocycles. The van der Waals surface area contributed by atoms with Gasteiger partial charge in [0.25, 0.3) is 0 Å². The first kappa shape index (κ1) is 16.4. The first-order valence-corrected chi connectivity index (χ1v) is 6.63. The van der Waals surface area contributed by atoms with E-state index in [1.807, 2.05) is 6.92 Å². The molecule has 0 fully saturated rings. The number of esters is 1. The molecule has 0 saturated heterocycles. The van der Waals surface area contributed by atoms with Gasteiger partial charge < -0.3 is 10.5 Å². The van der Waals surface area contributed by atoms with Crippen molar-refractivity contribution in [2.75, 3.05) is 26.2 Å². The van der Waals surface area contributed by atoms with E-state index in [0.717, 1.165) is 19.5 Å². The minimum Gasteiger partial charge on any atom is -0.466 e. The summed E-state index contributed by atoms with van der Waals surface area (Å²) in [6.07, 6.45) is 0.884. The molecule has 0 saturated carbocycles. The van der Waals surface area contributed by atoms with E-state index in [1.54, 1.807) is 0 Å². The van der Waals surface area contributed by atoms with Gasteiger partial charge in [0, 0.05) is 12.1 Å². The number of hydrogen-bond acceptors (Lipinski definition) is 4. The van der Waals surface area contributed by atoms with Gasteiger partial charge in [-0.3, -0.25) is 9.69 Å². The zero-order chi connectivity index (χ0) is 13.5. The van der Waals surface area contributed by atoms with Gasteiger partial charge in [-0.2, -0.15) is 0 Å². The standard InChI is InChI=1S/C13H28N2O2/c1-6-13(5,15(7-2)8-3)11(10-14)12(16)17-9-4/h11H,6-10,14H2,1-5H3/t11-,13+/m0/s1. The minimum absolute atomic E-state index is 0.175. The number of nitrogens with zero attached hydrogens (tertiary/aromatic N) is 1. The molecule has 4 nitrogen and oxygen atoms in total. The molecule has 0 rings (SSSR count). The van der Waals surface area contributed by atoms with Gasteiger partial charge >= 0.3 is 5.97 Å². The lowest BCUT2D eigenvalue weighted by atomic mass is 9.81. The van der Waals surface area contributed by atoms with E-state index in [4.69, 9.17) is 10.5 Å². The molecule has 0 heterocycles. The lowest BCUT2D eigenvalue weighted by molar-refractivity contribution is -0.153. The van der Waals surface area contributed by atoms with Crippen LogP contribution in [0.15, 0.2) is 0 Å². The molecule has 0 aromatic rings. The largest absolute Gasteiger partial charge is 0.466 e. The van der Waals surface area contributed by atoms with Gasteiger partial charge in [0.1, 0.15) is 0 Å². The Labute approximate surface area is 105 Å². The van der Waals surface area contributed by atoms with Crippen LogP contribution in [0, 0.1) is 5.92 Å². The maximum atomic E-state index is 12.0. The van der Waals surface area contributed by atoms with E-state index in [0.29, 0.717) is 13.2 Å². The molecule has 102 valence electrons. The van der Waals surface area contributed by atoms with Gasteiger partial charge in [-0.05, 0) is 33.4 Å². The molecular formula is C13H28N2O2. The third-order valence-electron chi connectivity index (χ3n) is 3.76. The highest BCUT2D eigenvalue weighted by atomic mass is 16.5. The maximum Gasteiger partial charge on any atom is 0.312 e. The summed E-state index contributed by atoms with van der Waals surface area (Å²) < 4.78 is 5.14. The molecule has 2 atom stereocenters. The van der Waals surface area contributed by atoms with Crippen LogP contribution >= 0.6 is 0 Å². The Hall–Kier alpha value is -0.610. The van der Waals surface area contributed by atoms with E-state index >= 15 is 0 Å². The van der Waals surface area contributed by atoms with Gasteiger partial charge in [-0.25, -0.2) is 0 Å². The van der Waals surface area contributed by atoms with Crippen molar-refractivity contribution in [3.05, 3.63) is 0 Å². The Kier molecular flexibility index (Phi) is 7.39. The number of hydrogen-bond donors (Lipinski definition) is 1. The van der Waals surface area contributed by atoms with Crippen molar-refractivity contribution in [2.24, 2.45) is 11.7 Å². The fraction of sp³-hybridized carbons (Fsp3) is 0.923. The predicted octanol–water partition coefficient (Wildman–Crippen LogP) is 1.63. The monoisotopic (exact) mass is 244 g/mol. The lowest BCUT2D eigenvalue weighted by Gasteiger charge is -2.44. The molecule has 0 spiro atoms. The topological polar surface area (TPSA) is 55.6 Å². The Morgan fingerprint density at radius 3 is 2.12 bits per heavy atom. The van der Waals surface area contributed by atoms with Crippen LogP contribution in [0.5, 0.6) is 0 Å². The number of carbonyl (C=O) groups is 1. The van der Waals surface area contributed by atoms with Crippen LogP contribution in [-0.2, 0) is 9.53 Å². The molecule has 0 aliphatic rings. The van der Waals surface area contributed by atoms with Crippen LogP contribution in [-0.4, -0.2) is 42.6 Å². The second-order valence-corrected chi connectivity index (χ2v) is 4.42. The fourth-order valence-corrected chi connectivity index (χ4v) is 2.48. The summed E-state index contributed by atoms with van der Waals surface area (Å²) in [6.45, 7) is 12.8. The first-order valence-electron chi connectivity index (χ1n) is 6.63. The molecule has 0 aliphatic carbocycles. The summed E-state index contributed by atoms with van der Waals surface area (Å²) in [5.41, 5.74) is 5.57. The highest BCUT2D eigenvalue weighted by molar-refractivity contribution is 5.74. The Morgan fingerprint density at radius 2 is 1.82 bits per heavy atom. The Morgan fingerprint density at radius 1 is 1.29 bits per heavy atom. The number of nitrogens with two attached hydrogens (primary N) is 1. The number of rotatable bonds is 8. The van der Waals surface area contributed by atoms with Crippen molar-refractivity contribution >= 4 is 5.97 Å². The molecule has 0 bridgehead atoms. The quantitative estimate of drug-likeness (QED) is 0.659. The smallest absolute Gasteiger partial charge is 0.312 e. The van der Waals surface area contributed by atoms with Gasteiger partial charge in [-0.1, -0.05) is 20.8 Å². The molecule has 2 N–H and O–H groups in total. The summed E-state index contributed by atoms with van der Waals surface area (Å²) in [7, 11) is 0. The third kappa shape index (κ3) is 3.68. The van der Waals surface area contributed by atoms with Crippen LogP contribution in [0.1, 0.15) is 41.0 Å². The van der Waals surface area contributed by atoms with Crippen LogP contribution in [0.25, 0.3) is 0 Å².